The van der Waals surface area contributed by atoms with Gasteiger partial charge in [0.1, 0.15) is 0 Å². The molecular weight excluding hydrogens is 248 g/mol. The normalized spacial score (nSPS) is 10.1. The molecule has 0 saturated heterocycles. The summed E-state index contributed by atoms with van der Waals surface area (Å²) >= 11 is 0. The van der Waals surface area contributed by atoms with E-state index < -0.39 is 0 Å². The molecule has 0 atom stereocenters. The van der Waals surface area contributed by atoms with E-state index in [2.05, 4.69) is 41.8 Å². The van der Waals surface area contributed by atoms with Crippen molar-refractivity contribution >= 4 is 6.03 Å². The number of amides is 2. The zero-order chi connectivity index (χ0) is 14.2. The summed E-state index contributed by atoms with van der Waals surface area (Å²) in [7, 11) is 0. The van der Waals surface area contributed by atoms with Crippen LogP contribution in [0.4, 0.5) is 4.79 Å². The summed E-state index contributed by atoms with van der Waals surface area (Å²) < 4.78 is 0. The molecular formula is C17H20N2O. The van der Waals surface area contributed by atoms with E-state index in [0.29, 0.717) is 13.1 Å². The van der Waals surface area contributed by atoms with Gasteiger partial charge in [0.25, 0.3) is 0 Å². The molecule has 2 aromatic rings. The van der Waals surface area contributed by atoms with Gasteiger partial charge in [-0.2, -0.15) is 0 Å². The number of rotatable bonds is 5. The summed E-state index contributed by atoms with van der Waals surface area (Å²) in [5.74, 6) is 0. The van der Waals surface area contributed by atoms with Gasteiger partial charge in [-0.25, -0.2) is 4.79 Å². The van der Waals surface area contributed by atoms with Crippen molar-refractivity contribution in [3.63, 3.8) is 0 Å². The highest BCUT2D eigenvalue weighted by Crippen LogP contribution is 2.04. The number of hydrogen-bond acceptors (Lipinski definition) is 1. The van der Waals surface area contributed by atoms with E-state index in [4.69, 9.17) is 0 Å². The van der Waals surface area contributed by atoms with Gasteiger partial charge < -0.3 is 10.6 Å². The minimum absolute atomic E-state index is 0.145. The van der Waals surface area contributed by atoms with Crippen molar-refractivity contribution in [1.82, 2.24) is 10.6 Å². The van der Waals surface area contributed by atoms with Crippen LogP contribution < -0.4 is 10.6 Å². The van der Waals surface area contributed by atoms with E-state index in [9.17, 15) is 4.79 Å². The number of urea groups is 1. The Morgan fingerprint density at radius 2 is 1.30 bits per heavy atom. The van der Waals surface area contributed by atoms with Gasteiger partial charge >= 0.3 is 6.03 Å². The number of carbonyl (C=O) groups is 1. The van der Waals surface area contributed by atoms with Gasteiger partial charge in [0.05, 0.1) is 0 Å². The van der Waals surface area contributed by atoms with Crippen LogP contribution in [-0.4, -0.2) is 6.03 Å². The molecule has 3 nitrogen and oxygen atoms in total. The van der Waals surface area contributed by atoms with Crippen LogP contribution >= 0.6 is 0 Å². The molecule has 3 heteroatoms. The van der Waals surface area contributed by atoms with Gasteiger partial charge in [0.15, 0.2) is 0 Å². The highest BCUT2D eigenvalue weighted by Gasteiger charge is 2.00. The molecule has 2 amide bonds. The first-order valence-electron chi connectivity index (χ1n) is 6.91. The van der Waals surface area contributed by atoms with Gasteiger partial charge in [-0.05, 0) is 23.1 Å². The Bertz CT molecular complexity index is 535. The third-order valence-corrected chi connectivity index (χ3v) is 3.18. The summed E-state index contributed by atoms with van der Waals surface area (Å²) in [4.78, 5) is 11.7. The van der Waals surface area contributed by atoms with Crippen molar-refractivity contribution in [3.8, 4) is 0 Å². The van der Waals surface area contributed by atoms with Crippen molar-refractivity contribution in [2.75, 3.05) is 0 Å². The smallest absolute Gasteiger partial charge is 0.315 e. The van der Waals surface area contributed by atoms with Crippen LogP contribution in [0.5, 0.6) is 0 Å². The lowest BCUT2D eigenvalue weighted by atomic mass is 10.1. The summed E-state index contributed by atoms with van der Waals surface area (Å²) in [5, 5.41) is 5.70. The molecule has 0 aliphatic rings. The van der Waals surface area contributed by atoms with Crippen LogP contribution in [0, 0.1) is 0 Å². The van der Waals surface area contributed by atoms with Crippen LogP contribution in [-0.2, 0) is 19.5 Å². The molecule has 0 fully saturated rings. The Balaban J connectivity index is 1.74. The predicted molar refractivity (Wildman–Crippen MR) is 81.3 cm³/mol. The van der Waals surface area contributed by atoms with Crippen LogP contribution in [0.25, 0.3) is 0 Å². The highest BCUT2D eigenvalue weighted by molar-refractivity contribution is 5.73. The van der Waals surface area contributed by atoms with E-state index in [-0.39, 0.29) is 6.03 Å². The summed E-state index contributed by atoms with van der Waals surface area (Å²) in [6, 6.07) is 18.0. The minimum atomic E-state index is -0.145. The van der Waals surface area contributed by atoms with Crippen LogP contribution in [0.1, 0.15) is 23.6 Å². The lowest BCUT2D eigenvalue weighted by Crippen LogP contribution is -2.34. The maximum absolute atomic E-state index is 11.7. The summed E-state index contributed by atoms with van der Waals surface area (Å²) in [6.45, 7) is 3.22. The van der Waals surface area contributed by atoms with Gasteiger partial charge in [-0.15, -0.1) is 0 Å². The first kappa shape index (κ1) is 14.1. The molecule has 0 aliphatic heterocycles. The van der Waals surface area contributed by atoms with Crippen LogP contribution in [0.15, 0.2) is 54.6 Å². The summed E-state index contributed by atoms with van der Waals surface area (Å²) in [5.41, 5.74) is 3.51. The van der Waals surface area contributed by atoms with Gasteiger partial charge in [0, 0.05) is 13.1 Å². The van der Waals surface area contributed by atoms with Crippen LogP contribution in [0.2, 0.25) is 0 Å². The second-order valence-electron chi connectivity index (χ2n) is 4.69. The van der Waals surface area contributed by atoms with Crippen molar-refractivity contribution in [1.29, 1.82) is 0 Å². The van der Waals surface area contributed by atoms with E-state index in [0.717, 1.165) is 17.5 Å². The third kappa shape index (κ3) is 4.43. The standard InChI is InChI=1S/C17H20N2O/c1-2-14-8-10-16(11-9-14)13-19-17(20)18-12-15-6-4-3-5-7-15/h3-11H,2,12-13H2,1H3,(H2,18,19,20). The first-order chi connectivity index (χ1) is 9.78. The SMILES string of the molecule is CCc1ccc(CNC(=O)NCc2ccccc2)cc1. The third-order valence-electron chi connectivity index (χ3n) is 3.18. The van der Waals surface area contributed by atoms with Crippen molar-refractivity contribution in [3.05, 3.63) is 71.3 Å². The molecule has 0 aliphatic carbocycles. The number of benzene rings is 2. The quantitative estimate of drug-likeness (QED) is 0.858. The van der Waals surface area contributed by atoms with Crippen LogP contribution in [0.3, 0.4) is 0 Å². The zero-order valence-corrected chi connectivity index (χ0v) is 11.7. The van der Waals surface area contributed by atoms with Gasteiger partial charge in [-0.1, -0.05) is 61.5 Å². The number of aryl methyl sites for hydroxylation is 1. The number of nitrogens with one attached hydrogen (secondary N) is 2. The number of carbonyl (C=O) groups excluding carboxylic acids is 1. The lowest BCUT2D eigenvalue weighted by molar-refractivity contribution is 0.240. The fourth-order valence-corrected chi connectivity index (χ4v) is 1.92. The van der Waals surface area contributed by atoms with Gasteiger partial charge in [-0.3, -0.25) is 0 Å². The Labute approximate surface area is 120 Å². The predicted octanol–water partition coefficient (Wildman–Crippen LogP) is 3.25. The van der Waals surface area contributed by atoms with E-state index in [1.165, 1.54) is 5.56 Å². The maximum Gasteiger partial charge on any atom is 0.315 e. The Kier molecular flexibility index (Phi) is 5.18. The molecule has 2 N–H and O–H groups in total. The van der Waals surface area contributed by atoms with E-state index in [1.807, 2.05) is 30.3 Å². The monoisotopic (exact) mass is 268 g/mol. The molecule has 0 aromatic heterocycles. The van der Waals surface area contributed by atoms with Crippen molar-refractivity contribution in [2.45, 2.75) is 26.4 Å². The van der Waals surface area contributed by atoms with E-state index in [1.54, 1.807) is 0 Å². The zero-order valence-electron chi connectivity index (χ0n) is 11.7. The van der Waals surface area contributed by atoms with Gasteiger partial charge in [0.2, 0.25) is 0 Å². The molecule has 2 aromatic carbocycles. The second kappa shape index (κ2) is 7.34. The molecule has 0 spiro atoms. The molecule has 20 heavy (non-hydrogen) atoms. The van der Waals surface area contributed by atoms with E-state index >= 15 is 0 Å². The fourth-order valence-electron chi connectivity index (χ4n) is 1.92. The Morgan fingerprint density at radius 3 is 1.85 bits per heavy atom. The van der Waals surface area contributed by atoms with Crippen molar-refractivity contribution < 1.29 is 4.79 Å². The average molecular weight is 268 g/mol. The minimum Gasteiger partial charge on any atom is -0.334 e. The van der Waals surface area contributed by atoms with Crippen molar-refractivity contribution in [2.24, 2.45) is 0 Å². The second-order valence-corrected chi connectivity index (χ2v) is 4.69. The molecule has 0 heterocycles. The molecule has 104 valence electrons. The Morgan fingerprint density at radius 1 is 0.800 bits per heavy atom. The summed E-state index contributed by atoms with van der Waals surface area (Å²) in [6.07, 6.45) is 1.03. The Hall–Kier alpha value is -2.29. The average Bonchev–Trinajstić information content (AvgIpc) is 2.52. The topological polar surface area (TPSA) is 41.1 Å². The molecule has 0 unspecified atom stereocenters. The first-order valence-corrected chi connectivity index (χ1v) is 6.91. The lowest BCUT2D eigenvalue weighted by Gasteiger charge is -2.08. The number of hydrogen-bond donors (Lipinski definition) is 2. The highest BCUT2D eigenvalue weighted by atomic mass is 16.2. The molecule has 0 radical (unpaired) electrons. The largest absolute Gasteiger partial charge is 0.334 e. The maximum atomic E-state index is 11.7. The fraction of sp³-hybridized carbons (Fsp3) is 0.235. The molecule has 0 saturated carbocycles. The molecule has 2 rings (SSSR count). The molecule has 0 bridgehead atoms.